The van der Waals surface area contributed by atoms with Gasteiger partial charge in [0.1, 0.15) is 11.6 Å². The summed E-state index contributed by atoms with van der Waals surface area (Å²) in [6, 6.07) is -0.881. The monoisotopic (exact) mass is 316 g/mol. The number of amides is 1. The van der Waals surface area contributed by atoms with Crippen molar-refractivity contribution in [2.24, 2.45) is 0 Å². The second-order valence-corrected chi connectivity index (χ2v) is 6.87. The Hall–Kier alpha value is -1.34. The van der Waals surface area contributed by atoms with Gasteiger partial charge >= 0.3 is 12.1 Å². The molecule has 1 saturated heterocycles. The van der Waals surface area contributed by atoms with Crippen molar-refractivity contribution in [3.63, 3.8) is 0 Å². The molecule has 128 valence electrons. The van der Waals surface area contributed by atoms with Gasteiger partial charge in [-0.25, -0.2) is 9.59 Å². The number of carbonyl (C=O) groups is 2. The molecular weight excluding hydrogens is 288 g/mol. The van der Waals surface area contributed by atoms with Crippen LogP contribution in [0, 0.1) is 0 Å². The third-order valence-electron chi connectivity index (χ3n) is 3.28. The van der Waals surface area contributed by atoms with Crippen LogP contribution in [0.25, 0.3) is 0 Å². The van der Waals surface area contributed by atoms with Crippen molar-refractivity contribution in [1.29, 1.82) is 0 Å². The summed E-state index contributed by atoms with van der Waals surface area (Å²) in [4.78, 5) is 26.8. The van der Waals surface area contributed by atoms with E-state index < -0.39 is 23.7 Å². The van der Waals surface area contributed by atoms with E-state index in [4.69, 9.17) is 9.47 Å². The molecule has 1 rings (SSSR count). The number of hydrogen-bond donors (Lipinski definition) is 1. The fourth-order valence-electron chi connectivity index (χ4n) is 2.31. The van der Waals surface area contributed by atoms with Gasteiger partial charge in [0, 0.05) is 13.0 Å². The van der Waals surface area contributed by atoms with Crippen LogP contribution in [-0.2, 0) is 14.3 Å². The van der Waals surface area contributed by atoms with Gasteiger partial charge in [-0.05, 0) is 47.8 Å². The number of carbonyl (C=O) groups excluding carboxylic acids is 1. The lowest BCUT2D eigenvalue weighted by Gasteiger charge is -2.26. The van der Waals surface area contributed by atoms with E-state index in [0.29, 0.717) is 13.0 Å². The minimum Gasteiger partial charge on any atom is -0.480 e. The summed E-state index contributed by atoms with van der Waals surface area (Å²) in [5, 5.41) is 9.28. The van der Waals surface area contributed by atoms with Crippen LogP contribution in [0.1, 0.15) is 33.6 Å². The highest BCUT2D eigenvalue weighted by Gasteiger charge is 2.42. The van der Waals surface area contributed by atoms with Crippen LogP contribution in [0.5, 0.6) is 0 Å². The van der Waals surface area contributed by atoms with Crippen LogP contribution in [0.15, 0.2) is 0 Å². The van der Waals surface area contributed by atoms with Crippen LogP contribution in [-0.4, -0.2) is 78.5 Å². The summed E-state index contributed by atoms with van der Waals surface area (Å²) < 4.78 is 11.0. The molecule has 0 bridgehead atoms. The maximum Gasteiger partial charge on any atom is 0.411 e. The van der Waals surface area contributed by atoms with Crippen LogP contribution in [0.2, 0.25) is 0 Å². The first-order valence-corrected chi connectivity index (χ1v) is 7.59. The molecule has 1 heterocycles. The Labute approximate surface area is 132 Å². The highest BCUT2D eigenvalue weighted by atomic mass is 16.6. The van der Waals surface area contributed by atoms with E-state index in [1.165, 1.54) is 4.90 Å². The zero-order valence-electron chi connectivity index (χ0n) is 14.2. The van der Waals surface area contributed by atoms with Gasteiger partial charge < -0.3 is 19.5 Å². The van der Waals surface area contributed by atoms with Gasteiger partial charge in [0.2, 0.25) is 0 Å². The Bertz CT molecular complexity index is 392. The second-order valence-electron chi connectivity index (χ2n) is 6.87. The number of likely N-dealkylation sites (tertiary alicyclic amines) is 1. The molecule has 1 fully saturated rings. The molecule has 0 aromatic heterocycles. The van der Waals surface area contributed by atoms with Crippen molar-refractivity contribution >= 4 is 12.1 Å². The first-order chi connectivity index (χ1) is 10.1. The summed E-state index contributed by atoms with van der Waals surface area (Å²) in [6.07, 6.45) is 0.319. The number of ether oxygens (including phenoxy) is 2. The number of rotatable bonds is 6. The van der Waals surface area contributed by atoms with Gasteiger partial charge in [0.15, 0.2) is 0 Å². The summed E-state index contributed by atoms with van der Waals surface area (Å²) in [5.74, 6) is -1.02. The standard InChI is InChI=1S/C15H28N2O5/c1-15(2,3)22-14(20)17-10-11(9-12(17)13(18)19)21-8-6-7-16(4)5/h11-12H,6-10H2,1-5H3,(H,18,19)/t11?,12-/m0/s1. The number of hydrogen-bond acceptors (Lipinski definition) is 5. The molecule has 1 aliphatic rings. The number of carboxylic acids is 1. The molecule has 2 atom stereocenters. The van der Waals surface area contributed by atoms with Gasteiger partial charge in [-0.1, -0.05) is 0 Å². The Morgan fingerprint density at radius 2 is 1.95 bits per heavy atom. The SMILES string of the molecule is CN(C)CCCOC1C[C@@H](C(=O)O)N(C(=O)OC(C)(C)C)C1. The van der Waals surface area contributed by atoms with E-state index >= 15 is 0 Å². The van der Waals surface area contributed by atoms with Gasteiger partial charge in [0.25, 0.3) is 0 Å². The summed E-state index contributed by atoms with van der Waals surface area (Å²) in [7, 11) is 3.97. The fraction of sp³-hybridized carbons (Fsp3) is 0.867. The molecule has 1 N–H and O–H groups in total. The molecule has 0 spiro atoms. The first-order valence-electron chi connectivity index (χ1n) is 7.59. The van der Waals surface area contributed by atoms with E-state index in [1.54, 1.807) is 20.8 Å². The van der Waals surface area contributed by atoms with Crippen LogP contribution >= 0.6 is 0 Å². The zero-order chi connectivity index (χ0) is 16.9. The zero-order valence-corrected chi connectivity index (χ0v) is 14.2. The molecule has 7 nitrogen and oxygen atoms in total. The quantitative estimate of drug-likeness (QED) is 0.747. The van der Waals surface area contributed by atoms with Crippen molar-refractivity contribution < 1.29 is 24.2 Å². The smallest absolute Gasteiger partial charge is 0.411 e. The number of aliphatic carboxylic acids is 1. The van der Waals surface area contributed by atoms with Crippen molar-refractivity contribution in [1.82, 2.24) is 9.80 Å². The third kappa shape index (κ3) is 6.19. The Morgan fingerprint density at radius 1 is 1.32 bits per heavy atom. The van der Waals surface area contributed by atoms with E-state index in [0.717, 1.165) is 13.0 Å². The maximum atomic E-state index is 12.1. The minimum atomic E-state index is -1.02. The van der Waals surface area contributed by atoms with Gasteiger partial charge in [0.05, 0.1) is 12.6 Å². The van der Waals surface area contributed by atoms with Crippen LogP contribution < -0.4 is 0 Å². The maximum absolute atomic E-state index is 12.1. The normalized spacial score (nSPS) is 22.2. The molecule has 0 radical (unpaired) electrons. The van der Waals surface area contributed by atoms with Crippen LogP contribution in [0.3, 0.4) is 0 Å². The van der Waals surface area contributed by atoms with E-state index in [-0.39, 0.29) is 12.6 Å². The highest BCUT2D eigenvalue weighted by Crippen LogP contribution is 2.23. The first kappa shape index (κ1) is 18.7. The molecular formula is C15H28N2O5. The summed E-state index contributed by atoms with van der Waals surface area (Å²) >= 11 is 0. The van der Waals surface area contributed by atoms with Crippen molar-refractivity contribution in [2.75, 3.05) is 33.8 Å². The van der Waals surface area contributed by atoms with Gasteiger partial charge in [-0.3, -0.25) is 4.90 Å². The molecule has 7 heteroatoms. The minimum absolute atomic E-state index is 0.254. The largest absolute Gasteiger partial charge is 0.480 e. The molecule has 0 aromatic rings. The Morgan fingerprint density at radius 3 is 2.45 bits per heavy atom. The predicted molar refractivity (Wildman–Crippen MR) is 81.9 cm³/mol. The van der Waals surface area contributed by atoms with Crippen molar-refractivity contribution in [2.45, 2.75) is 51.4 Å². The number of carboxylic acid groups (broad SMARTS) is 1. The van der Waals surface area contributed by atoms with E-state index in [1.807, 2.05) is 14.1 Å². The molecule has 1 unspecified atom stereocenters. The molecule has 0 aliphatic carbocycles. The molecule has 1 aliphatic heterocycles. The topological polar surface area (TPSA) is 79.3 Å². The highest BCUT2D eigenvalue weighted by molar-refractivity contribution is 5.81. The van der Waals surface area contributed by atoms with Gasteiger partial charge in [-0.15, -0.1) is 0 Å². The van der Waals surface area contributed by atoms with Crippen molar-refractivity contribution in [3.05, 3.63) is 0 Å². The molecule has 22 heavy (non-hydrogen) atoms. The lowest BCUT2D eigenvalue weighted by Crippen LogP contribution is -2.43. The van der Waals surface area contributed by atoms with Crippen LogP contribution in [0.4, 0.5) is 4.79 Å². The lowest BCUT2D eigenvalue weighted by atomic mass is 10.2. The van der Waals surface area contributed by atoms with E-state index in [2.05, 4.69) is 4.90 Å². The molecule has 0 aromatic carbocycles. The average Bonchev–Trinajstić information content (AvgIpc) is 2.76. The second kappa shape index (κ2) is 7.78. The van der Waals surface area contributed by atoms with Crippen molar-refractivity contribution in [3.8, 4) is 0 Å². The molecule has 0 saturated carbocycles. The third-order valence-corrected chi connectivity index (χ3v) is 3.28. The summed E-state index contributed by atoms with van der Waals surface area (Å²) in [5.41, 5.74) is -0.648. The molecule has 1 amide bonds. The Kier molecular flexibility index (Phi) is 6.62. The average molecular weight is 316 g/mol. The fourth-order valence-corrected chi connectivity index (χ4v) is 2.31. The Balaban J connectivity index is 2.54. The van der Waals surface area contributed by atoms with E-state index in [9.17, 15) is 14.7 Å². The summed E-state index contributed by atoms with van der Waals surface area (Å²) in [6.45, 7) is 6.99. The number of nitrogens with zero attached hydrogens (tertiary/aromatic N) is 2. The van der Waals surface area contributed by atoms with Gasteiger partial charge in [-0.2, -0.15) is 0 Å². The predicted octanol–water partition coefficient (Wildman–Crippen LogP) is 1.42. The lowest BCUT2D eigenvalue weighted by molar-refractivity contribution is -0.142.